The summed E-state index contributed by atoms with van der Waals surface area (Å²) in [5.41, 5.74) is 0.870. The second kappa shape index (κ2) is 9.03. The molecule has 0 aliphatic rings. The van der Waals surface area contributed by atoms with Crippen LogP contribution in [0.25, 0.3) is 0 Å². The smallest absolute Gasteiger partial charge is 0.244 e. The quantitative estimate of drug-likeness (QED) is 0.605. The minimum absolute atomic E-state index is 0.157. The van der Waals surface area contributed by atoms with Gasteiger partial charge in [0.05, 0.1) is 20.3 Å². The van der Waals surface area contributed by atoms with Gasteiger partial charge in [0.1, 0.15) is 11.5 Å². The van der Waals surface area contributed by atoms with E-state index in [0.29, 0.717) is 5.75 Å². The SMILES string of the molecule is COc1ccc(OC)c([C@@H](C)NC(=O)/C=C/Sc2ccccc2)c1. The van der Waals surface area contributed by atoms with Gasteiger partial charge in [0.25, 0.3) is 0 Å². The van der Waals surface area contributed by atoms with E-state index in [0.717, 1.165) is 16.2 Å². The fourth-order valence-electron chi connectivity index (χ4n) is 2.19. The van der Waals surface area contributed by atoms with Crippen molar-refractivity contribution in [1.82, 2.24) is 5.32 Å². The molecule has 4 nitrogen and oxygen atoms in total. The van der Waals surface area contributed by atoms with E-state index < -0.39 is 0 Å². The molecule has 2 aromatic rings. The topological polar surface area (TPSA) is 47.6 Å². The van der Waals surface area contributed by atoms with Crippen molar-refractivity contribution in [1.29, 1.82) is 0 Å². The molecule has 0 saturated carbocycles. The summed E-state index contributed by atoms with van der Waals surface area (Å²) in [4.78, 5) is 13.2. The first kappa shape index (κ1) is 17.9. The van der Waals surface area contributed by atoms with Crippen molar-refractivity contribution in [3.63, 3.8) is 0 Å². The predicted molar refractivity (Wildman–Crippen MR) is 97.5 cm³/mol. The molecule has 1 atom stereocenters. The molecule has 5 heteroatoms. The molecular weight excluding hydrogens is 322 g/mol. The van der Waals surface area contributed by atoms with E-state index in [2.05, 4.69) is 5.32 Å². The molecule has 24 heavy (non-hydrogen) atoms. The first-order chi connectivity index (χ1) is 11.6. The van der Waals surface area contributed by atoms with Crippen LogP contribution in [0.15, 0.2) is 64.9 Å². The van der Waals surface area contributed by atoms with Gasteiger partial charge in [-0.1, -0.05) is 30.0 Å². The van der Waals surface area contributed by atoms with Crippen LogP contribution < -0.4 is 14.8 Å². The largest absolute Gasteiger partial charge is 0.497 e. The van der Waals surface area contributed by atoms with Gasteiger partial charge < -0.3 is 14.8 Å². The Balaban J connectivity index is 1.98. The molecule has 0 aliphatic heterocycles. The van der Waals surface area contributed by atoms with E-state index in [1.54, 1.807) is 19.6 Å². The Morgan fingerprint density at radius 3 is 2.54 bits per heavy atom. The Kier molecular flexibility index (Phi) is 6.75. The number of rotatable bonds is 7. The van der Waals surface area contributed by atoms with E-state index >= 15 is 0 Å². The zero-order chi connectivity index (χ0) is 17.4. The van der Waals surface area contributed by atoms with Gasteiger partial charge in [0, 0.05) is 16.5 Å². The average Bonchev–Trinajstić information content (AvgIpc) is 2.62. The zero-order valence-corrected chi connectivity index (χ0v) is 14.8. The molecule has 0 aromatic heterocycles. The van der Waals surface area contributed by atoms with Crippen molar-refractivity contribution < 1.29 is 14.3 Å². The molecule has 126 valence electrons. The number of nitrogens with one attached hydrogen (secondary N) is 1. The fourth-order valence-corrected chi connectivity index (χ4v) is 2.85. The molecule has 1 N–H and O–H groups in total. The lowest BCUT2D eigenvalue weighted by Gasteiger charge is -2.17. The maximum absolute atomic E-state index is 12.1. The summed E-state index contributed by atoms with van der Waals surface area (Å²) >= 11 is 1.50. The highest BCUT2D eigenvalue weighted by molar-refractivity contribution is 8.02. The molecule has 2 aromatic carbocycles. The van der Waals surface area contributed by atoms with Gasteiger partial charge in [-0.05, 0) is 42.7 Å². The molecule has 0 saturated heterocycles. The van der Waals surface area contributed by atoms with Gasteiger partial charge in [-0.25, -0.2) is 0 Å². The maximum atomic E-state index is 12.1. The number of methoxy groups -OCH3 is 2. The second-order valence-electron chi connectivity index (χ2n) is 5.07. The molecule has 0 unspecified atom stereocenters. The average molecular weight is 343 g/mol. The van der Waals surface area contributed by atoms with Crippen LogP contribution in [0.4, 0.5) is 0 Å². The predicted octanol–water partition coefficient (Wildman–Crippen LogP) is 4.19. The van der Waals surface area contributed by atoms with E-state index in [4.69, 9.17) is 9.47 Å². The van der Waals surface area contributed by atoms with Crippen molar-refractivity contribution in [2.45, 2.75) is 17.9 Å². The van der Waals surface area contributed by atoms with E-state index in [9.17, 15) is 4.79 Å². The number of ether oxygens (including phenoxy) is 2. The standard InChI is InChI=1S/C19H21NO3S/c1-14(17-13-15(22-2)9-10-18(17)23-3)20-19(21)11-12-24-16-7-5-4-6-8-16/h4-14H,1-3H3,(H,20,21)/b12-11+/t14-/m1/s1. The number of benzene rings is 2. The first-order valence-corrected chi connectivity index (χ1v) is 8.42. The van der Waals surface area contributed by atoms with Crippen molar-refractivity contribution in [3.8, 4) is 11.5 Å². The van der Waals surface area contributed by atoms with Crippen LogP contribution in [0.5, 0.6) is 11.5 Å². The molecule has 0 heterocycles. The molecular formula is C19H21NO3S. The summed E-state index contributed by atoms with van der Waals surface area (Å²) in [6, 6.07) is 15.2. The minimum atomic E-state index is -0.200. The van der Waals surface area contributed by atoms with Crippen LogP contribution >= 0.6 is 11.8 Å². The van der Waals surface area contributed by atoms with Crippen LogP contribution in [0.3, 0.4) is 0 Å². The molecule has 0 fully saturated rings. The Morgan fingerprint density at radius 2 is 1.88 bits per heavy atom. The Labute approximate surface area is 146 Å². The van der Waals surface area contributed by atoms with Crippen LogP contribution in [0.2, 0.25) is 0 Å². The zero-order valence-electron chi connectivity index (χ0n) is 14.0. The summed E-state index contributed by atoms with van der Waals surface area (Å²) in [6.07, 6.45) is 1.53. The van der Waals surface area contributed by atoms with Crippen LogP contribution in [0, 0.1) is 0 Å². The van der Waals surface area contributed by atoms with Crippen molar-refractivity contribution in [2.75, 3.05) is 14.2 Å². The molecule has 0 bridgehead atoms. The van der Waals surface area contributed by atoms with E-state index in [-0.39, 0.29) is 11.9 Å². The molecule has 0 radical (unpaired) electrons. The number of hydrogen-bond donors (Lipinski definition) is 1. The summed E-state index contributed by atoms with van der Waals surface area (Å²) < 4.78 is 10.6. The van der Waals surface area contributed by atoms with Gasteiger partial charge >= 0.3 is 0 Å². The van der Waals surface area contributed by atoms with Gasteiger partial charge in [-0.2, -0.15) is 0 Å². The lowest BCUT2D eigenvalue weighted by Crippen LogP contribution is -2.25. The van der Waals surface area contributed by atoms with Gasteiger partial charge in [-0.15, -0.1) is 0 Å². The lowest BCUT2D eigenvalue weighted by atomic mass is 10.1. The highest BCUT2D eigenvalue weighted by Gasteiger charge is 2.14. The Bertz CT molecular complexity index is 701. The van der Waals surface area contributed by atoms with E-state index in [1.165, 1.54) is 17.8 Å². The Hall–Kier alpha value is -2.40. The summed E-state index contributed by atoms with van der Waals surface area (Å²) in [5.74, 6) is 1.28. The third kappa shape index (κ3) is 5.06. The normalized spacial score (nSPS) is 12.0. The second-order valence-corrected chi connectivity index (χ2v) is 6.05. The Morgan fingerprint density at radius 1 is 1.12 bits per heavy atom. The lowest BCUT2D eigenvalue weighted by molar-refractivity contribution is -0.117. The number of amides is 1. The highest BCUT2D eigenvalue weighted by atomic mass is 32.2. The van der Waals surface area contributed by atoms with Crippen molar-refractivity contribution in [2.24, 2.45) is 0 Å². The third-order valence-electron chi connectivity index (χ3n) is 3.43. The van der Waals surface area contributed by atoms with Crippen LogP contribution in [-0.2, 0) is 4.79 Å². The molecule has 1 amide bonds. The summed E-state index contributed by atoms with van der Waals surface area (Å²) in [6.45, 7) is 1.91. The van der Waals surface area contributed by atoms with E-state index in [1.807, 2.05) is 55.5 Å². The summed E-state index contributed by atoms with van der Waals surface area (Å²) in [5, 5.41) is 4.71. The number of carbonyl (C=O) groups excluding carboxylic acids is 1. The monoisotopic (exact) mass is 343 g/mol. The molecule has 0 spiro atoms. The van der Waals surface area contributed by atoms with Gasteiger partial charge in [-0.3, -0.25) is 4.79 Å². The number of hydrogen-bond acceptors (Lipinski definition) is 4. The van der Waals surface area contributed by atoms with Crippen molar-refractivity contribution in [3.05, 3.63) is 65.6 Å². The minimum Gasteiger partial charge on any atom is -0.497 e. The van der Waals surface area contributed by atoms with Crippen LogP contribution in [0.1, 0.15) is 18.5 Å². The molecule has 2 rings (SSSR count). The fraction of sp³-hybridized carbons (Fsp3) is 0.211. The van der Waals surface area contributed by atoms with Gasteiger partial charge in [0.15, 0.2) is 0 Å². The van der Waals surface area contributed by atoms with Crippen molar-refractivity contribution >= 4 is 17.7 Å². The number of carbonyl (C=O) groups is 1. The first-order valence-electron chi connectivity index (χ1n) is 7.54. The maximum Gasteiger partial charge on any atom is 0.244 e. The highest BCUT2D eigenvalue weighted by Crippen LogP contribution is 2.29. The van der Waals surface area contributed by atoms with Gasteiger partial charge in [0.2, 0.25) is 5.91 Å². The summed E-state index contributed by atoms with van der Waals surface area (Å²) in [7, 11) is 3.22. The third-order valence-corrected chi connectivity index (χ3v) is 4.25. The molecule has 0 aliphatic carbocycles. The number of thioether (sulfide) groups is 1. The van der Waals surface area contributed by atoms with Crippen LogP contribution in [-0.4, -0.2) is 20.1 Å².